The van der Waals surface area contributed by atoms with Crippen LogP contribution in [0.2, 0.25) is 0 Å². The van der Waals surface area contributed by atoms with Crippen molar-refractivity contribution in [3.8, 4) is 22.7 Å². The molecule has 0 aliphatic carbocycles. The van der Waals surface area contributed by atoms with Gasteiger partial charge in [-0.2, -0.15) is 5.10 Å². The lowest BCUT2D eigenvalue weighted by molar-refractivity contribution is -0.133. The van der Waals surface area contributed by atoms with E-state index in [2.05, 4.69) is 37.1 Å². The van der Waals surface area contributed by atoms with Crippen LogP contribution in [0.4, 0.5) is 5.82 Å². The maximum Gasteiger partial charge on any atom is 0.260 e. The fraction of sp³-hybridized carbons (Fsp3) is 0.208. The van der Waals surface area contributed by atoms with Crippen LogP contribution < -0.4 is 9.64 Å². The van der Waals surface area contributed by atoms with Gasteiger partial charge in [-0.05, 0) is 23.3 Å². The molecule has 0 atom stereocenters. The number of anilines is 1. The van der Waals surface area contributed by atoms with Gasteiger partial charge in [0.2, 0.25) is 0 Å². The van der Waals surface area contributed by atoms with E-state index in [1.807, 2.05) is 53.4 Å². The van der Waals surface area contributed by atoms with E-state index < -0.39 is 0 Å². The highest BCUT2D eigenvalue weighted by Gasteiger charge is 2.22. The molecule has 1 saturated heterocycles. The second kappa shape index (κ2) is 9.47. The summed E-state index contributed by atoms with van der Waals surface area (Å²) in [4.78, 5) is 29.2. The molecule has 1 aliphatic heterocycles. The third-order valence-corrected chi connectivity index (χ3v) is 5.57. The first-order valence-corrected chi connectivity index (χ1v) is 10.7. The molecular formula is C24H23N7O2. The van der Waals surface area contributed by atoms with Gasteiger partial charge in [0.05, 0.1) is 0 Å². The number of rotatable bonds is 6. The van der Waals surface area contributed by atoms with Gasteiger partial charge in [0.15, 0.2) is 12.4 Å². The molecule has 0 radical (unpaired) electrons. The number of ether oxygens (including phenoxy) is 1. The molecule has 9 heteroatoms. The first kappa shape index (κ1) is 20.6. The lowest BCUT2D eigenvalue weighted by Gasteiger charge is -2.35. The summed E-state index contributed by atoms with van der Waals surface area (Å²) in [5.41, 5.74) is 2.26. The van der Waals surface area contributed by atoms with E-state index in [9.17, 15) is 4.79 Å². The fourth-order valence-electron chi connectivity index (χ4n) is 3.76. The van der Waals surface area contributed by atoms with Gasteiger partial charge >= 0.3 is 0 Å². The quantitative estimate of drug-likeness (QED) is 0.454. The number of aromatic nitrogens is 5. The summed E-state index contributed by atoms with van der Waals surface area (Å²) in [6.45, 7) is 2.61. The molecule has 1 fully saturated rings. The summed E-state index contributed by atoms with van der Waals surface area (Å²) in [5, 5.41) is 4.10. The van der Waals surface area contributed by atoms with Crippen molar-refractivity contribution in [2.24, 2.45) is 0 Å². The molecule has 0 N–H and O–H groups in total. The van der Waals surface area contributed by atoms with Gasteiger partial charge in [-0.15, -0.1) is 0 Å². The van der Waals surface area contributed by atoms with Crippen LogP contribution in [0.15, 0.2) is 79.6 Å². The number of hydrogen-bond acceptors (Lipinski definition) is 7. The first-order valence-electron chi connectivity index (χ1n) is 10.7. The van der Waals surface area contributed by atoms with Gasteiger partial charge in [-0.25, -0.2) is 19.6 Å². The van der Waals surface area contributed by atoms with Crippen molar-refractivity contribution in [3.63, 3.8) is 0 Å². The molecule has 2 aromatic heterocycles. The van der Waals surface area contributed by atoms with Gasteiger partial charge in [-0.1, -0.05) is 42.5 Å². The number of benzene rings is 2. The van der Waals surface area contributed by atoms with Crippen molar-refractivity contribution in [1.82, 2.24) is 29.6 Å². The van der Waals surface area contributed by atoms with Gasteiger partial charge in [0.25, 0.3) is 5.91 Å². The zero-order valence-electron chi connectivity index (χ0n) is 18.0. The maximum atomic E-state index is 12.7. The molecule has 33 heavy (non-hydrogen) atoms. The zero-order chi connectivity index (χ0) is 22.5. The Bertz CT molecular complexity index is 1190. The summed E-state index contributed by atoms with van der Waals surface area (Å²) in [7, 11) is 0. The molecule has 0 saturated carbocycles. The predicted octanol–water partition coefficient (Wildman–Crippen LogP) is 2.45. The topological polar surface area (TPSA) is 89.3 Å². The molecule has 4 aromatic rings. The maximum absolute atomic E-state index is 12.7. The fourth-order valence-corrected chi connectivity index (χ4v) is 3.76. The van der Waals surface area contributed by atoms with E-state index in [0.717, 1.165) is 16.9 Å². The number of carbonyl (C=O) groups is 1. The molecule has 0 unspecified atom stereocenters. The van der Waals surface area contributed by atoms with Crippen LogP contribution in [0.5, 0.6) is 5.75 Å². The Morgan fingerprint density at radius 3 is 2.30 bits per heavy atom. The van der Waals surface area contributed by atoms with Gasteiger partial charge in [-0.3, -0.25) is 4.79 Å². The van der Waals surface area contributed by atoms with E-state index in [1.54, 1.807) is 11.0 Å². The second-order valence-corrected chi connectivity index (χ2v) is 7.62. The lowest BCUT2D eigenvalue weighted by Crippen LogP contribution is -2.50. The largest absolute Gasteiger partial charge is 0.484 e. The van der Waals surface area contributed by atoms with Crippen LogP contribution in [-0.4, -0.2) is 68.3 Å². The number of carbonyl (C=O) groups excluding carboxylic acids is 1. The molecule has 2 aromatic carbocycles. The van der Waals surface area contributed by atoms with E-state index >= 15 is 0 Å². The van der Waals surface area contributed by atoms with Crippen LogP contribution in [0.1, 0.15) is 0 Å². The highest BCUT2D eigenvalue weighted by Crippen LogP contribution is 2.22. The van der Waals surface area contributed by atoms with Crippen LogP contribution in [0, 0.1) is 0 Å². The van der Waals surface area contributed by atoms with Gasteiger partial charge in [0, 0.05) is 32.2 Å². The summed E-state index contributed by atoms with van der Waals surface area (Å²) in [6, 6.07) is 19.8. The Kier molecular flexibility index (Phi) is 5.92. The zero-order valence-corrected chi connectivity index (χ0v) is 18.0. The monoisotopic (exact) mass is 441 g/mol. The second-order valence-electron chi connectivity index (χ2n) is 7.62. The Hall–Kier alpha value is -4.27. The summed E-state index contributed by atoms with van der Waals surface area (Å²) in [6.07, 6.45) is 4.57. The van der Waals surface area contributed by atoms with Crippen LogP contribution >= 0.6 is 0 Å². The minimum absolute atomic E-state index is 0.0206. The van der Waals surface area contributed by atoms with E-state index in [-0.39, 0.29) is 12.5 Å². The minimum Gasteiger partial charge on any atom is -0.484 e. The SMILES string of the molecule is O=C(COc1ccc(-c2ccccc2)cc1)N1CCN(c2cc(-n3cncn3)ncn2)CC1. The van der Waals surface area contributed by atoms with Gasteiger partial charge in [0.1, 0.15) is 30.5 Å². The number of hydrogen-bond donors (Lipinski definition) is 0. The molecule has 5 rings (SSSR count). The average Bonchev–Trinajstić information content (AvgIpc) is 3.44. The van der Waals surface area contributed by atoms with Crippen molar-refractivity contribution in [2.45, 2.75) is 0 Å². The van der Waals surface area contributed by atoms with Crippen molar-refractivity contribution in [1.29, 1.82) is 0 Å². The molecule has 9 nitrogen and oxygen atoms in total. The van der Waals surface area contributed by atoms with Crippen LogP contribution in [0.25, 0.3) is 16.9 Å². The molecule has 1 aliphatic rings. The summed E-state index contributed by atoms with van der Waals surface area (Å²) >= 11 is 0. The highest BCUT2D eigenvalue weighted by atomic mass is 16.5. The van der Waals surface area contributed by atoms with Crippen LogP contribution in [0.3, 0.4) is 0 Å². The molecule has 3 heterocycles. The summed E-state index contributed by atoms with van der Waals surface area (Å²) < 4.78 is 7.33. The van der Waals surface area contributed by atoms with Crippen molar-refractivity contribution >= 4 is 11.7 Å². The predicted molar refractivity (Wildman–Crippen MR) is 123 cm³/mol. The van der Waals surface area contributed by atoms with Gasteiger partial charge < -0.3 is 14.5 Å². The normalized spacial score (nSPS) is 13.7. The summed E-state index contributed by atoms with van der Waals surface area (Å²) in [5.74, 6) is 2.12. The van der Waals surface area contributed by atoms with Crippen molar-refractivity contribution < 1.29 is 9.53 Å². The Morgan fingerprint density at radius 2 is 1.58 bits per heavy atom. The third-order valence-electron chi connectivity index (χ3n) is 5.57. The van der Waals surface area contributed by atoms with E-state index in [0.29, 0.717) is 37.7 Å². The Balaban J connectivity index is 1.13. The molecule has 0 bridgehead atoms. The smallest absolute Gasteiger partial charge is 0.260 e. The molecular weight excluding hydrogens is 418 g/mol. The number of piperazine rings is 1. The number of amides is 1. The van der Waals surface area contributed by atoms with E-state index in [4.69, 9.17) is 4.74 Å². The highest BCUT2D eigenvalue weighted by molar-refractivity contribution is 5.78. The molecule has 0 spiro atoms. The van der Waals surface area contributed by atoms with E-state index in [1.165, 1.54) is 12.7 Å². The van der Waals surface area contributed by atoms with Crippen LogP contribution in [-0.2, 0) is 4.79 Å². The van der Waals surface area contributed by atoms with Crippen molar-refractivity contribution in [3.05, 3.63) is 79.6 Å². The Labute approximate surface area is 191 Å². The molecule has 1 amide bonds. The lowest BCUT2D eigenvalue weighted by atomic mass is 10.1. The first-order chi connectivity index (χ1) is 16.3. The standard InChI is InChI=1S/C24H23N7O2/c32-24(15-33-21-8-6-20(7-9-21)19-4-2-1-3-5-19)30-12-10-29(11-13-30)22-14-23(27-17-26-22)31-18-25-16-28-31/h1-9,14,16-18H,10-13,15H2. The minimum atomic E-state index is -0.0206. The Morgan fingerprint density at radius 1 is 0.848 bits per heavy atom. The third kappa shape index (κ3) is 4.82. The average molecular weight is 441 g/mol. The number of nitrogens with zero attached hydrogens (tertiary/aromatic N) is 7. The van der Waals surface area contributed by atoms with Crippen molar-refractivity contribution in [2.75, 3.05) is 37.7 Å². The molecule has 166 valence electrons.